The molecule has 3 rings (SSSR count). The first-order valence-electron chi connectivity index (χ1n) is 8.51. The SMILES string of the molecule is CCCn1nc(C(=O)NNS(=O)(=O)c2cc(Cl)ccc2Cl)c2ccccc2c1=O. The van der Waals surface area contributed by atoms with Crippen LogP contribution in [0.5, 0.6) is 0 Å². The van der Waals surface area contributed by atoms with Gasteiger partial charge in [0.15, 0.2) is 5.69 Å². The number of carbonyl (C=O) groups is 1. The molecule has 11 heteroatoms. The topological polar surface area (TPSA) is 110 Å². The summed E-state index contributed by atoms with van der Waals surface area (Å²) < 4.78 is 26.1. The molecule has 29 heavy (non-hydrogen) atoms. The van der Waals surface area contributed by atoms with Gasteiger partial charge in [-0.1, -0.05) is 48.3 Å². The third-order valence-corrected chi connectivity index (χ3v) is 5.96. The Labute approximate surface area is 176 Å². The summed E-state index contributed by atoms with van der Waals surface area (Å²) in [6.07, 6.45) is 0.631. The minimum absolute atomic E-state index is 0.0591. The summed E-state index contributed by atoms with van der Waals surface area (Å²) in [5, 5.41) is 4.83. The zero-order chi connectivity index (χ0) is 21.2. The summed E-state index contributed by atoms with van der Waals surface area (Å²) in [6, 6.07) is 10.4. The lowest BCUT2D eigenvalue weighted by atomic mass is 10.1. The number of hydrazine groups is 1. The van der Waals surface area contributed by atoms with E-state index in [1.54, 1.807) is 24.3 Å². The van der Waals surface area contributed by atoms with E-state index in [4.69, 9.17) is 23.2 Å². The van der Waals surface area contributed by atoms with Crippen LogP contribution in [0.3, 0.4) is 0 Å². The van der Waals surface area contributed by atoms with Crippen molar-refractivity contribution in [2.45, 2.75) is 24.8 Å². The Morgan fingerprint density at radius 3 is 2.52 bits per heavy atom. The Balaban J connectivity index is 1.95. The predicted octanol–water partition coefficient (Wildman–Crippen LogP) is 2.74. The van der Waals surface area contributed by atoms with Gasteiger partial charge in [-0.05, 0) is 30.7 Å². The lowest BCUT2D eigenvalue weighted by Crippen LogP contribution is -2.42. The van der Waals surface area contributed by atoms with E-state index in [-0.39, 0.29) is 26.2 Å². The second-order valence-electron chi connectivity index (χ2n) is 6.06. The van der Waals surface area contributed by atoms with E-state index in [1.165, 1.54) is 16.8 Å². The number of nitrogens with one attached hydrogen (secondary N) is 2. The molecule has 2 aromatic carbocycles. The van der Waals surface area contributed by atoms with Crippen molar-refractivity contribution >= 4 is 49.9 Å². The van der Waals surface area contributed by atoms with Crippen LogP contribution in [0, 0.1) is 0 Å². The normalized spacial score (nSPS) is 11.6. The van der Waals surface area contributed by atoms with Gasteiger partial charge in [-0.2, -0.15) is 5.10 Å². The molecule has 0 bridgehead atoms. The van der Waals surface area contributed by atoms with E-state index in [0.29, 0.717) is 23.7 Å². The number of fused-ring (bicyclic) bond motifs is 1. The Morgan fingerprint density at radius 2 is 1.83 bits per heavy atom. The van der Waals surface area contributed by atoms with Crippen molar-refractivity contribution in [2.75, 3.05) is 0 Å². The number of nitrogens with zero attached hydrogens (tertiary/aromatic N) is 2. The standard InChI is InChI=1S/C18H16Cl2N4O4S/c1-2-9-24-18(26)13-6-4-3-5-12(13)16(22-24)17(25)21-23-29(27,28)15-10-11(19)7-8-14(15)20/h3-8,10,23H,2,9H2,1H3,(H,21,25). The number of benzene rings is 2. The van der Waals surface area contributed by atoms with Crippen LogP contribution < -0.4 is 15.8 Å². The lowest BCUT2D eigenvalue weighted by molar-refractivity contribution is 0.0939. The van der Waals surface area contributed by atoms with Gasteiger partial charge in [-0.25, -0.2) is 13.1 Å². The molecule has 152 valence electrons. The van der Waals surface area contributed by atoms with Crippen LogP contribution in [0.2, 0.25) is 10.0 Å². The molecule has 0 aliphatic heterocycles. The van der Waals surface area contributed by atoms with Crippen molar-refractivity contribution < 1.29 is 13.2 Å². The number of hydrogen-bond donors (Lipinski definition) is 2. The van der Waals surface area contributed by atoms with Gasteiger partial charge >= 0.3 is 0 Å². The van der Waals surface area contributed by atoms with Crippen molar-refractivity contribution in [1.82, 2.24) is 20.0 Å². The average Bonchev–Trinajstić information content (AvgIpc) is 2.70. The minimum Gasteiger partial charge on any atom is -0.272 e. The molecular formula is C18H16Cl2N4O4S. The molecule has 0 radical (unpaired) electrons. The largest absolute Gasteiger partial charge is 0.287 e. The van der Waals surface area contributed by atoms with Crippen LogP contribution in [0.15, 0.2) is 52.2 Å². The zero-order valence-corrected chi connectivity index (χ0v) is 17.5. The molecule has 0 spiro atoms. The number of aromatic nitrogens is 2. The zero-order valence-electron chi connectivity index (χ0n) is 15.1. The van der Waals surface area contributed by atoms with Gasteiger partial charge in [0.25, 0.3) is 21.5 Å². The fraction of sp³-hybridized carbons (Fsp3) is 0.167. The van der Waals surface area contributed by atoms with Crippen LogP contribution in [0.1, 0.15) is 23.8 Å². The third kappa shape index (κ3) is 4.43. The molecule has 0 aliphatic carbocycles. The van der Waals surface area contributed by atoms with Gasteiger partial charge in [0, 0.05) is 17.0 Å². The molecule has 8 nitrogen and oxygen atoms in total. The van der Waals surface area contributed by atoms with Gasteiger partial charge < -0.3 is 0 Å². The Bertz CT molecular complexity index is 1260. The number of hydrogen-bond acceptors (Lipinski definition) is 5. The molecule has 0 atom stereocenters. The molecule has 0 aliphatic rings. The maximum Gasteiger partial charge on any atom is 0.287 e. The van der Waals surface area contributed by atoms with Crippen LogP contribution in [0.4, 0.5) is 0 Å². The number of rotatable bonds is 6. The van der Waals surface area contributed by atoms with Gasteiger partial charge in [-0.3, -0.25) is 15.0 Å². The molecule has 2 N–H and O–H groups in total. The Kier molecular flexibility index (Phi) is 6.23. The Hall–Kier alpha value is -2.46. The van der Waals surface area contributed by atoms with Crippen molar-refractivity contribution in [3.05, 3.63) is 68.6 Å². The van der Waals surface area contributed by atoms with E-state index >= 15 is 0 Å². The molecular weight excluding hydrogens is 439 g/mol. The molecule has 1 aromatic heterocycles. The minimum atomic E-state index is -4.19. The van der Waals surface area contributed by atoms with Crippen LogP contribution >= 0.6 is 23.2 Å². The highest BCUT2D eigenvalue weighted by molar-refractivity contribution is 7.89. The van der Waals surface area contributed by atoms with E-state index in [9.17, 15) is 18.0 Å². The maximum absolute atomic E-state index is 12.7. The first-order chi connectivity index (χ1) is 13.7. The smallest absolute Gasteiger partial charge is 0.272 e. The van der Waals surface area contributed by atoms with E-state index in [2.05, 4.69) is 10.5 Å². The van der Waals surface area contributed by atoms with Crippen molar-refractivity contribution in [1.29, 1.82) is 0 Å². The molecule has 0 fully saturated rings. The maximum atomic E-state index is 12.7. The van der Waals surface area contributed by atoms with Gasteiger partial charge in [-0.15, -0.1) is 4.83 Å². The number of halogens is 2. The Morgan fingerprint density at radius 1 is 1.14 bits per heavy atom. The highest BCUT2D eigenvalue weighted by Gasteiger charge is 2.22. The second kappa shape index (κ2) is 8.50. The van der Waals surface area contributed by atoms with Crippen LogP contribution in [-0.2, 0) is 16.6 Å². The molecule has 0 saturated heterocycles. The number of amides is 1. The highest BCUT2D eigenvalue weighted by atomic mass is 35.5. The summed E-state index contributed by atoms with van der Waals surface area (Å²) in [7, 11) is -4.19. The fourth-order valence-electron chi connectivity index (χ4n) is 2.68. The van der Waals surface area contributed by atoms with E-state index in [0.717, 1.165) is 6.07 Å². The van der Waals surface area contributed by atoms with Crippen molar-refractivity contribution in [3.8, 4) is 0 Å². The van der Waals surface area contributed by atoms with Crippen LogP contribution in [0.25, 0.3) is 10.8 Å². The summed E-state index contributed by atoms with van der Waals surface area (Å²) in [4.78, 5) is 26.9. The first kappa shape index (κ1) is 21.3. The van der Waals surface area contributed by atoms with E-state index in [1.807, 2.05) is 11.8 Å². The van der Waals surface area contributed by atoms with Crippen LogP contribution in [-0.4, -0.2) is 24.1 Å². The lowest BCUT2D eigenvalue weighted by Gasteiger charge is -2.12. The molecule has 0 unspecified atom stereocenters. The molecule has 0 saturated carbocycles. The summed E-state index contributed by atoms with van der Waals surface area (Å²) in [5.41, 5.74) is 1.69. The van der Waals surface area contributed by atoms with Gasteiger partial charge in [0.2, 0.25) is 0 Å². The van der Waals surface area contributed by atoms with Gasteiger partial charge in [0.1, 0.15) is 4.90 Å². The predicted molar refractivity (Wildman–Crippen MR) is 111 cm³/mol. The molecule has 1 amide bonds. The average molecular weight is 455 g/mol. The monoisotopic (exact) mass is 454 g/mol. The summed E-state index contributed by atoms with van der Waals surface area (Å²) in [6.45, 7) is 2.18. The molecule has 1 heterocycles. The quantitative estimate of drug-likeness (QED) is 0.556. The first-order valence-corrected chi connectivity index (χ1v) is 10.8. The fourth-order valence-corrected chi connectivity index (χ4v) is 4.28. The van der Waals surface area contributed by atoms with Gasteiger partial charge in [0.05, 0.1) is 10.4 Å². The highest BCUT2D eigenvalue weighted by Crippen LogP contribution is 2.24. The number of aryl methyl sites for hydroxylation is 1. The molecule has 3 aromatic rings. The second-order valence-corrected chi connectivity index (χ2v) is 8.55. The number of sulfonamides is 1. The van der Waals surface area contributed by atoms with E-state index < -0.39 is 15.9 Å². The van der Waals surface area contributed by atoms with Crippen molar-refractivity contribution in [2.24, 2.45) is 0 Å². The number of carbonyl (C=O) groups excluding carboxylic acids is 1. The summed E-state index contributed by atoms with van der Waals surface area (Å²) >= 11 is 11.8. The third-order valence-electron chi connectivity index (χ3n) is 4.00. The summed E-state index contributed by atoms with van der Waals surface area (Å²) in [5.74, 6) is -0.826. The van der Waals surface area contributed by atoms with Crippen molar-refractivity contribution in [3.63, 3.8) is 0 Å².